The molecule has 1 fully saturated rings. The Balaban J connectivity index is 1.77. The monoisotopic (exact) mass is 373 g/mol. The van der Waals surface area contributed by atoms with Crippen LogP contribution >= 0.6 is 0 Å². The van der Waals surface area contributed by atoms with Crippen molar-refractivity contribution in [2.75, 3.05) is 20.8 Å². The van der Waals surface area contributed by atoms with E-state index in [1.807, 2.05) is 23.1 Å². The molecule has 144 valence electrons. The minimum absolute atomic E-state index is 0.0716. The molecule has 1 heterocycles. The van der Waals surface area contributed by atoms with Gasteiger partial charge in [-0.05, 0) is 56.2 Å². The van der Waals surface area contributed by atoms with E-state index in [0.717, 1.165) is 18.4 Å². The molecule has 0 N–H and O–H groups in total. The van der Waals surface area contributed by atoms with Crippen molar-refractivity contribution in [2.45, 2.75) is 31.9 Å². The van der Waals surface area contributed by atoms with Crippen molar-refractivity contribution in [1.82, 2.24) is 4.90 Å². The summed E-state index contributed by atoms with van der Waals surface area (Å²) in [5.41, 5.74) is 0.957. The number of benzene rings is 2. The van der Waals surface area contributed by atoms with Crippen LogP contribution in [0.2, 0.25) is 0 Å². The molecule has 27 heavy (non-hydrogen) atoms. The van der Waals surface area contributed by atoms with Crippen LogP contribution in [0.15, 0.2) is 42.5 Å². The first-order valence-corrected chi connectivity index (χ1v) is 8.98. The Morgan fingerprint density at radius 1 is 1.11 bits per heavy atom. The average molecular weight is 373 g/mol. The van der Waals surface area contributed by atoms with Gasteiger partial charge in [-0.25, -0.2) is 4.39 Å². The average Bonchev–Trinajstić information content (AvgIpc) is 3.18. The maximum absolute atomic E-state index is 13.0. The van der Waals surface area contributed by atoms with Gasteiger partial charge in [0.2, 0.25) is 0 Å². The van der Waals surface area contributed by atoms with E-state index < -0.39 is 6.10 Å². The van der Waals surface area contributed by atoms with Gasteiger partial charge in [0.1, 0.15) is 23.1 Å². The molecule has 2 atom stereocenters. The predicted molar refractivity (Wildman–Crippen MR) is 99.7 cm³/mol. The first kappa shape index (κ1) is 19.0. The topological polar surface area (TPSA) is 48.0 Å². The minimum Gasteiger partial charge on any atom is -0.497 e. The van der Waals surface area contributed by atoms with Gasteiger partial charge in [-0.3, -0.25) is 4.79 Å². The van der Waals surface area contributed by atoms with Crippen molar-refractivity contribution < 1.29 is 23.4 Å². The Labute approximate surface area is 158 Å². The molecule has 3 rings (SSSR count). The lowest BCUT2D eigenvalue weighted by Gasteiger charge is -2.29. The summed E-state index contributed by atoms with van der Waals surface area (Å²) in [5, 5.41) is 0. The van der Waals surface area contributed by atoms with Crippen molar-refractivity contribution in [3.05, 3.63) is 53.8 Å². The number of halogens is 1. The van der Waals surface area contributed by atoms with Crippen molar-refractivity contribution >= 4 is 5.91 Å². The van der Waals surface area contributed by atoms with Gasteiger partial charge in [-0.2, -0.15) is 0 Å². The maximum Gasteiger partial charge on any atom is 0.263 e. The molecule has 0 aliphatic carbocycles. The fourth-order valence-electron chi connectivity index (χ4n) is 3.45. The number of rotatable bonds is 6. The molecule has 0 unspecified atom stereocenters. The molecule has 1 aliphatic heterocycles. The van der Waals surface area contributed by atoms with Gasteiger partial charge in [0.25, 0.3) is 5.91 Å². The number of carbonyl (C=O) groups excluding carboxylic acids is 1. The van der Waals surface area contributed by atoms with Crippen LogP contribution in [0.25, 0.3) is 0 Å². The van der Waals surface area contributed by atoms with Crippen molar-refractivity contribution in [2.24, 2.45) is 0 Å². The van der Waals surface area contributed by atoms with Gasteiger partial charge < -0.3 is 19.1 Å². The highest BCUT2D eigenvalue weighted by Crippen LogP contribution is 2.39. The summed E-state index contributed by atoms with van der Waals surface area (Å²) in [5.74, 6) is 1.44. The normalized spacial score (nSPS) is 17.5. The van der Waals surface area contributed by atoms with Crippen LogP contribution in [0.1, 0.15) is 31.4 Å². The number of nitrogens with zero attached hydrogens (tertiary/aromatic N) is 1. The molecule has 2 aromatic rings. The SMILES string of the molecule is COc1ccc([C@H]2CCCN2C(=O)[C@@H](C)Oc2ccc(F)cc2)c(OC)c1. The molecular formula is C21H24FNO4. The lowest BCUT2D eigenvalue weighted by atomic mass is 10.0. The highest BCUT2D eigenvalue weighted by Gasteiger charge is 2.34. The third-order valence-corrected chi connectivity index (χ3v) is 4.81. The second-order valence-corrected chi connectivity index (χ2v) is 6.51. The van der Waals surface area contributed by atoms with E-state index >= 15 is 0 Å². The van der Waals surface area contributed by atoms with E-state index in [4.69, 9.17) is 14.2 Å². The molecule has 5 nitrogen and oxygen atoms in total. The molecule has 0 bridgehead atoms. The Hall–Kier alpha value is -2.76. The lowest BCUT2D eigenvalue weighted by Crippen LogP contribution is -2.40. The smallest absolute Gasteiger partial charge is 0.263 e. The first-order chi connectivity index (χ1) is 13.0. The predicted octanol–water partition coefficient (Wildman–Crippen LogP) is 3.97. The fourth-order valence-corrected chi connectivity index (χ4v) is 3.45. The highest BCUT2D eigenvalue weighted by molar-refractivity contribution is 5.81. The zero-order valence-corrected chi connectivity index (χ0v) is 15.8. The van der Waals surface area contributed by atoms with E-state index in [-0.39, 0.29) is 17.8 Å². The van der Waals surface area contributed by atoms with Crippen LogP contribution in [-0.2, 0) is 4.79 Å². The molecule has 1 aliphatic rings. The van der Waals surface area contributed by atoms with Crippen LogP contribution in [0.4, 0.5) is 4.39 Å². The number of carbonyl (C=O) groups is 1. The Morgan fingerprint density at radius 3 is 2.48 bits per heavy atom. The van der Waals surface area contributed by atoms with Crippen LogP contribution in [0.5, 0.6) is 17.2 Å². The molecule has 2 aromatic carbocycles. The zero-order chi connectivity index (χ0) is 19.4. The molecular weight excluding hydrogens is 349 g/mol. The third kappa shape index (κ3) is 4.15. The molecule has 0 radical (unpaired) electrons. The molecule has 6 heteroatoms. The summed E-state index contributed by atoms with van der Waals surface area (Å²) in [7, 11) is 3.22. The summed E-state index contributed by atoms with van der Waals surface area (Å²) in [6.07, 6.45) is 1.10. The van der Waals surface area contributed by atoms with Crippen molar-refractivity contribution in [1.29, 1.82) is 0 Å². The maximum atomic E-state index is 13.0. The summed E-state index contributed by atoms with van der Waals surface area (Å²) in [6.45, 7) is 2.38. The fraction of sp³-hybridized carbons (Fsp3) is 0.381. The highest BCUT2D eigenvalue weighted by atomic mass is 19.1. The summed E-state index contributed by atoms with van der Waals surface area (Å²) < 4.78 is 29.5. The van der Waals surface area contributed by atoms with Gasteiger partial charge in [0, 0.05) is 18.2 Å². The van der Waals surface area contributed by atoms with Crippen molar-refractivity contribution in [3.63, 3.8) is 0 Å². The Bertz CT molecular complexity index is 793. The zero-order valence-electron chi connectivity index (χ0n) is 15.8. The molecule has 1 saturated heterocycles. The minimum atomic E-state index is -0.666. The van der Waals surface area contributed by atoms with Gasteiger partial charge in [-0.15, -0.1) is 0 Å². The summed E-state index contributed by atoms with van der Waals surface area (Å²) >= 11 is 0. The van der Waals surface area contributed by atoms with Gasteiger partial charge in [0.05, 0.1) is 20.3 Å². The van der Waals surface area contributed by atoms with E-state index in [1.54, 1.807) is 21.1 Å². The number of amides is 1. The third-order valence-electron chi connectivity index (χ3n) is 4.81. The summed E-state index contributed by atoms with van der Waals surface area (Å²) in [4.78, 5) is 14.8. The number of ether oxygens (including phenoxy) is 3. The number of hydrogen-bond acceptors (Lipinski definition) is 4. The van der Waals surface area contributed by atoms with Gasteiger partial charge >= 0.3 is 0 Å². The van der Waals surface area contributed by atoms with E-state index in [0.29, 0.717) is 23.8 Å². The van der Waals surface area contributed by atoms with Gasteiger partial charge in [0.15, 0.2) is 6.10 Å². The quantitative estimate of drug-likeness (QED) is 0.769. The van der Waals surface area contributed by atoms with Gasteiger partial charge in [-0.1, -0.05) is 0 Å². The standard InChI is InChI=1S/C21H24FNO4/c1-14(27-16-8-6-15(22)7-9-16)21(24)23-12-4-5-19(23)18-11-10-17(25-2)13-20(18)26-3/h6-11,13-14,19H,4-5,12H2,1-3H3/t14-,19-/m1/s1. The Kier molecular flexibility index (Phi) is 5.84. The number of likely N-dealkylation sites (tertiary alicyclic amines) is 1. The lowest BCUT2D eigenvalue weighted by molar-refractivity contribution is -0.138. The number of hydrogen-bond donors (Lipinski definition) is 0. The molecule has 0 aromatic heterocycles. The second-order valence-electron chi connectivity index (χ2n) is 6.51. The van der Waals surface area contributed by atoms with Crippen LogP contribution in [0, 0.1) is 5.82 Å². The first-order valence-electron chi connectivity index (χ1n) is 8.98. The van der Waals surface area contributed by atoms with Crippen molar-refractivity contribution in [3.8, 4) is 17.2 Å². The largest absolute Gasteiger partial charge is 0.497 e. The number of methoxy groups -OCH3 is 2. The van der Waals surface area contributed by atoms with Crippen LogP contribution in [-0.4, -0.2) is 37.7 Å². The van der Waals surface area contributed by atoms with E-state index in [2.05, 4.69) is 0 Å². The van der Waals surface area contributed by atoms with E-state index in [9.17, 15) is 9.18 Å². The molecule has 0 saturated carbocycles. The van der Waals surface area contributed by atoms with E-state index in [1.165, 1.54) is 24.3 Å². The molecule has 1 amide bonds. The van der Waals surface area contributed by atoms with Crippen LogP contribution < -0.4 is 14.2 Å². The Morgan fingerprint density at radius 2 is 1.81 bits per heavy atom. The summed E-state index contributed by atoms with van der Waals surface area (Å²) in [6, 6.07) is 11.2. The molecule has 0 spiro atoms. The van der Waals surface area contributed by atoms with Crippen LogP contribution in [0.3, 0.4) is 0 Å². The second kappa shape index (κ2) is 8.29.